The first-order valence-corrected chi connectivity index (χ1v) is 8.21. The van der Waals surface area contributed by atoms with Crippen molar-refractivity contribution in [3.63, 3.8) is 0 Å². The molecule has 0 spiro atoms. The molecular weight excluding hydrogens is 268 g/mol. The predicted octanol–water partition coefficient (Wildman–Crippen LogP) is 1.42. The average molecular weight is 298 g/mol. The number of hydrogen-bond acceptors (Lipinski definition) is 5. The molecule has 2 fully saturated rings. The smallest absolute Gasteiger partial charge is 0.326 e. The third-order valence-electron chi connectivity index (χ3n) is 5.05. The second-order valence-corrected chi connectivity index (χ2v) is 6.46. The quantitative estimate of drug-likeness (QED) is 0.752. The number of hydrogen-bond donors (Lipinski definition) is 1. The van der Waals surface area contributed by atoms with Crippen molar-refractivity contribution in [3.05, 3.63) is 0 Å². The van der Waals surface area contributed by atoms with E-state index < -0.39 is 5.54 Å². The first-order chi connectivity index (χ1) is 10.1. The number of rotatable bonds is 6. The molecule has 0 bridgehead atoms. The first-order valence-electron chi connectivity index (χ1n) is 8.21. The summed E-state index contributed by atoms with van der Waals surface area (Å²) in [5.74, 6) is 0.547. The largest absolute Gasteiger partial charge is 0.468 e. The van der Waals surface area contributed by atoms with Gasteiger partial charge in [-0.1, -0.05) is 6.92 Å². The maximum atomic E-state index is 12.3. The third-order valence-corrected chi connectivity index (χ3v) is 5.05. The Bertz CT molecular complexity index is 346. The van der Waals surface area contributed by atoms with Crippen molar-refractivity contribution in [3.8, 4) is 0 Å². The molecule has 3 unspecified atom stereocenters. The molecule has 122 valence electrons. The van der Waals surface area contributed by atoms with Gasteiger partial charge in [-0.05, 0) is 51.1 Å². The van der Waals surface area contributed by atoms with Gasteiger partial charge in [0.2, 0.25) is 0 Å². The second kappa shape index (κ2) is 7.56. The Balaban J connectivity index is 2.00. The van der Waals surface area contributed by atoms with Crippen LogP contribution in [-0.2, 0) is 14.3 Å². The van der Waals surface area contributed by atoms with Gasteiger partial charge in [-0.3, -0.25) is 9.69 Å². The Morgan fingerprint density at radius 1 is 1.38 bits per heavy atom. The summed E-state index contributed by atoms with van der Waals surface area (Å²) in [4.78, 5) is 14.8. The fourth-order valence-electron chi connectivity index (χ4n) is 4.08. The lowest BCUT2D eigenvalue weighted by Gasteiger charge is -2.42. The number of carbonyl (C=O) groups excluding carboxylic acids is 1. The summed E-state index contributed by atoms with van der Waals surface area (Å²) in [5, 5.41) is 3.41. The SMILES string of the molecule is CCNC1(C(=O)OC)CCCC(N2CCC(COC)C2)C1. The third kappa shape index (κ3) is 3.76. The van der Waals surface area contributed by atoms with Gasteiger partial charge in [0.15, 0.2) is 0 Å². The summed E-state index contributed by atoms with van der Waals surface area (Å²) >= 11 is 0. The molecule has 21 heavy (non-hydrogen) atoms. The molecule has 0 radical (unpaired) electrons. The van der Waals surface area contributed by atoms with E-state index in [1.54, 1.807) is 7.11 Å². The van der Waals surface area contributed by atoms with E-state index in [1.165, 1.54) is 20.0 Å². The molecule has 0 aromatic heterocycles. The van der Waals surface area contributed by atoms with Crippen LogP contribution >= 0.6 is 0 Å². The summed E-state index contributed by atoms with van der Waals surface area (Å²) in [6, 6.07) is 0.485. The summed E-state index contributed by atoms with van der Waals surface area (Å²) in [6.07, 6.45) is 5.23. The monoisotopic (exact) mass is 298 g/mol. The highest BCUT2D eigenvalue weighted by Gasteiger charge is 2.45. The summed E-state index contributed by atoms with van der Waals surface area (Å²) in [7, 11) is 3.27. The van der Waals surface area contributed by atoms with E-state index in [0.717, 1.165) is 45.5 Å². The fourth-order valence-corrected chi connectivity index (χ4v) is 4.08. The molecule has 1 saturated heterocycles. The Morgan fingerprint density at radius 3 is 2.86 bits per heavy atom. The minimum atomic E-state index is -0.480. The number of likely N-dealkylation sites (tertiary alicyclic amines) is 1. The van der Waals surface area contributed by atoms with Crippen molar-refractivity contribution in [1.29, 1.82) is 0 Å². The molecule has 0 aromatic rings. The maximum Gasteiger partial charge on any atom is 0.326 e. The van der Waals surface area contributed by atoms with E-state index in [9.17, 15) is 4.79 Å². The minimum Gasteiger partial charge on any atom is -0.468 e. The van der Waals surface area contributed by atoms with Crippen molar-refractivity contribution in [1.82, 2.24) is 10.2 Å². The highest BCUT2D eigenvalue weighted by molar-refractivity contribution is 5.81. The molecular formula is C16H30N2O3. The van der Waals surface area contributed by atoms with Crippen LogP contribution in [0.5, 0.6) is 0 Å². The van der Waals surface area contributed by atoms with E-state index in [0.29, 0.717) is 12.0 Å². The zero-order valence-electron chi connectivity index (χ0n) is 13.7. The maximum absolute atomic E-state index is 12.3. The van der Waals surface area contributed by atoms with Gasteiger partial charge >= 0.3 is 5.97 Å². The zero-order valence-corrected chi connectivity index (χ0v) is 13.7. The standard InChI is InChI=1S/C16H30N2O3/c1-4-17-16(15(19)21-3)8-5-6-14(10-16)18-9-7-13(11-18)12-20-2/h13-14,17H,4-12H2,1-3H3. The van der Waals surface area contributed by atoms with Gasteiger partial charge in [0.05, 0.1) is 13.7 Å². The molecule has 1 aliphatic carbocycles. The van der Waals surface area contributed by atoms with Crippen LogP contribution < -0.4 is 5.32 Å². The van der Waals surface area contributed by atoms with Gasteiger partial charge in [-0.2, -0.15) is 0 Å². The number of methoxy groups -OCH3 is 2. The van der Waals surface area contributed by atoms with Crippen LogP contribution in [0.4, 0.5) is 0 Å². The molecule has 5 nitrogen and oxygen atoms in total. The summed E-state index contributed by atoms with van der Waals surface area (Å²) < 4.78 is 10.4. The normalized spacial score (nSPS) is 34.0. The van der Waals surface area contributed by atoms with Gasteiger partial charge < -0.3 is 14.8 Å². The number of carbonyl (C=O) groups is 1. The lowest BCUT2D eigenvalue weighted by atomic mass is 9.78. The van der Waals surface area contributed by atoms with Crippen molar-refractivity contribution in [2.24, 2.45) is 5.92 Å². The number of nitrogens with zero attached hydrogens (tertiary/aromatic N) is 1. The molecule has 1 N–H and O–H groups in total. The van der Waals surface area contributed by atoms with Crippen LogP contribution in [0, 0.1) is 5.92 Å². The van der Waals surface area contributed by atoms with E-state index in [-0.39, 0.29) is 5.97 Å². The molecule has 2 rings (SSSR count). The van der Waals surface area contributed by atoms with Crippen LogP contribution in [0.3, 0.4) is 0 Å². The van der Waals surface area contributed by atoms with E-state index in [1.807, 2.05) is 0 Å². The molecule has 2 aliphatic rings. The Kier molecular flexibility index (Phi) is 6.02. The van der Waals surface area contributed by atoms with Gasteiger partial charge in [-0.15, -0.1) is 0 Å². The minimum absolute atomic E-state index is 0.0957. The Labute approximate surface area is 128 Å². The van der Waals surface area contributed by atoms with Crippen LogP contribution in [0.1, 0.15) is 39.0 Å². The highest BCUT2D eigenvalue weighted by atomic mass is 16.5. The lowest BCUT2D eigenvalue weighted by Crippen LogP contribution is -2.58. The fraction of sp³-hybridized carbons (Fsp3) is 0.938. The van der Waals surface area contributed by atoms with Crippen molar-refractivity contribution in [2.75, 3.05) is 40.5 Å². The predicted molar refractivity (Wildman–Crippen MR) is 82.2 cm³/mol. The summed E-state index contributed by atoms with van der Waals surface area (Å²) in [5.41, 5.74) is -0.480. The van der Waals surface area contributed by atoms with Gasteiger partial charge in [0.25, 0.3) is 0 Å². The number of nitrogens with one attached hydrogen (secondary N) is 1. The van der Waals surface area contributed by atoms with E-state index in [4.69, 9.17) is 9.47 Å². The van der Waals surface area contributed by atoms with Crippen LogP contribution in [0.25, 0.3) is 0 Å². The molecule has 1 heterocycles. The molecule has 0 aromatic carbocycles. The lowest BCUT2D eigenvalue weighted by molar-refractivity contribution is -0.151. The van der Waals surface area contributed by atoms with Crippen LogP contribution in [0.15, 0.2) is 0 Å². The number of esters is 1. The second-order valence-electron chi connectivity index (χ2n) is 6.46. The zero-order chi connectivity index (χ0) is 15.3. The van der Waals surface area contributed by atoms with Gasteiger partial charge in [-0.25, -0.2) is 0 Å². The highest BCUT2D eigenvalue weighted by Crippen LogP contribution is 2.34. The molecule has 0 amide bonds. The number of ether oxygens (including phenoxy) is 2. The van der Waals surface area contributed by atoms with Gasteiger partial charge in [0, 0.05) is 19.7 Å². The van der Waals surface area contributed by atoms with E-state index in [2.05, 4.69) is 17.1 Å². The molecule has 3 atom stereocenters. The molecule has 1 saturated carbocycles. The van der Waals surface area contributed by atoms with Crippen molar-refractivity contribution >= 4 is 5.97 Å². The Morgan fingerprint density at radius 2 is 2.19 bits per heavy atom. The Hall–Kier alpha value is -0.650. The van der Waals surface area contributed by atoms with Crippen LogP contribution in [-0.4, -0.2) is 62.9 Å². The average Bonchev–Trinajstić information content (AvgIpc) is 2.96. The molecule has 1 aliphatic heterocycles. The number of likely N-dealkylation sites (N-methyl/N-ethyl adjacent to an activating group) is 1. The van der Waals surface area contributed by atoms with Crippen molar-refractivity contribution in [2.45, 2.75) is 50.6 Å². The van der Waals surface area contributed by atoms with Crippen LogP contribution in [0.2, 0.25) is 0 Å². The van der Waals surface area contributed by atoms with E-state index >= 15 is 0 Å². The molecule has 5 heteroatoms. The van der Waals surface area contributed by atoms with Gasteiger partial charge in [0.1, 0.15) is 5.54 Å². The van der Waals surface area contributed by atoms with Crippen molar-refractivity contribution < 1.29 is 14.3 Å². The topological polar surface area (TPSA) is 50.8 Å². The first kappa shape index (κ1) is 16.7. The summed E-state index contributed by atoms with van der Waals surface area (Å²) in [6.45, 7) is 5.93.